The van der Waals surface area contributed by atoms with Crippen molar-refractivity contribution in [3.8, 4) is 0 Å². The second-order valence-corrected chi connectivity index (χ2v) is 4.38. The van der Waals surface area contributed by atoms with Crippen LogP contribution in [0.25, 0.3) is 0 Å². The third kappa shape index (κ3) is 2.57. The molecule has 1 aromatic heterocycles. The average Bonchev–Trinajstić information content (AvgIpc) is 2.66. The van der Waals surface area contributed by atoms with Gasteiger partial charge in [-0.1, -0.05) is 19.0 Å². The molecule has 1 atom stereocenters. The molecule has 1 aromatic rings. The molecular weight excluding hydrogens is 208 g/mol. The number of nitrogens with zero attached hydrogens (tertiary/aromatic N) is 2. The summed E-state index contributed by atoms with van der Waals surface area (Å²) in [5.74, 6) is 1.78. The Bertz CT molecular complexity index is 365. The van der Waals surface area contributed by atoms with Gasteiger partial charge in [0.1, 0.15) is 6.04 Å². The first-order chi connectivity index (χ1) is 7.65. The Hall–Kier alpha value is -1.43. The summed E-state index contributed by atoms with van der Waals surface area (Å²) in [5, 5.41) is 9.71. The van der Waals surface area contributed by atoms with Crippen LogP contribution >= 0.6 is 0 Å². The number of hydrogen-bond donors (Lipinski definition) is 2. The van der Waals surface area contributed by atoms with Gasteiger partial charge in [-0.2, -0.15) is 4.98 Å². The van der Waals surface area contributed by atoms with Crippen molar-refractivity contribution in [2.75, 3.05) is 13.1 Å². The molecule has 0 aliphatic carbocycles. The number of rotatable bonds is 3. The Kier molecular flexibility index (Phi) is 3.19. The van der Waals surface area contributed by atoms with Gasteiger partial charge in [0.25, 0.3) is 0 Å². The molecule has 1 saturated heterocycles. The third-order valence-electron chi connectivity index (χ3n) is 2.39. The van der Waals surface area contributed by atoms with Gasteiger partial charge >= 0.3 is 0 Å². The molecule has 2 rings (SSSR count). The minimum absolute atomic E-state index is 0.00170. The minimum Gasteiger partial charge on any atom is -0.353 e. The van der Waals surface area contributed by atoms with Crippen molar-refractivity contribution in [1.29, 1.82) is 0 Å². The predicted molar refractivity (Wildman–Crippen MR) is 56.6 cm³/mol. The highest BCUT2D eigenvalue weighted by molar-refractivity contribution is 5.78. The van der Waals surface area contributed by atoms with E-state index in [4.69, 9.17) is 4.52 Å². The van der Waals surface area contributed by atoms with Crippen LogP contribution in [-0.2, 0) is 11.2 Å². The summed E-state index contributed by atoms with van der Waals surface area (Å²) in [6.45, 7) is 5.01. The minimum atomic E-state index is -0.0638. The topological polar surface area (TPSA) is 80.0 Å². The van der Waals surface area contributed by atoms with Crippen LogP contribution in [0, 0.1) is 5.92 Å². The van der Waals surface area contributed by atoms with Crippen LogP contribution in [0.15, 0.2) is 4.52 Å². The van der Waals surface area contributed by atoms with Crippen LogP contribution in [0.3, 0.4) is 0 Å². The van der Waals surface area contributed by atoms with Gasteiger partial charge in [-0.05, 0) is 5.92 Å². The zero-order valence-corrected chi connectivity index (χ0v) is 9.49. The van der Waals surface area contributed by atoms with Crippen LogP contribution < -0.4 is 10.6 Å². The molecule has 1 unspecified atom stereocenters. The van der Waals surface area contributed by atoms with Gasteiger partial charge in [0.05, 0.1) is 6.54 Å². The first-order valence-corrected chi connectivity index (χ1v) is 5.47. The van der Waals surface area contributed by atoms with E-state index in [1.807, 2.05) is 0 Å². The van der Waals surface area contributed by atoms with E-state index in [2.05, 4.69) is 34.6 Å². The molecule has 0 spiro atoms. The van der Waals surface area contributed by atoms with Gasteiger partial charge in [-0.3, -0.25) is 10.1 Å². The summed E-state index contributed by atoms with van der Waals surface area (Å²) in [6, 6.07) is -0.0638. The number of nitrogens with one attached hydrogen (secondary N) is 2. The average molecular weight is 224 g/mol. The van der Waals surface area contributed by atoms with Crippen molar-refractivity contribution < 1.29 is 9.32 Å². The molecule has 1 aliphatic rings. The van der Waals surface area contributed by atoms with E-state index in [1.165, 1.54) is 0 Å². The van der Waals surface area contributed by atoms with Crippen LogP contribution in [0.2, 0.25) is 0 Å². The van der Waals surface area contributed by atoms with Crippen molar-refractivity contribution in [1.82, 2.24) is 20.8 Å². The van der Waals surface area contributed by atoms with E-state index in [0.29, 0.717) is 24.9 Å². The maximum atomic E-state index is 11.0. The molecule has 2 N–H and O–H groups in total. The first-order valence-electron chi connectivity index (χ1n) is 5.47. The fourth-order valence-electron chi connectivity index (χ4n) is 1.60. The lowest BCUT2D eigenvalue weighted by Crippen LogP contribution is -2.47. The lowest BCUT2D eigenvalue weighted by Gasteiger charge is -2.20. The third-order valence-corrected chi connectivity index (χ3v) is 2.39. The van der Waals surface area contributed by atoms with E-state index in [0.717, 1.165) is 12.2 Å². The smallest absolute Gasteiger partial charge is 0.245 e. The quantitative estimate of drug-likeness (QED) is 0.757. The molecule has 0 saturated carbocycles. The molecule has 0 radical (unpaired) electrons. The Labute approximate surface area is 93.8 Å². The molecule has 0 bridgehead atoms. The number of amides is 1. The number of carbonyl (C=O) groups excluding carboxylic acids is 1. The maximum absolute atomic E-state index is 11.0. The lowest BCUT2D eigenvalue weighted by molar-refractivity contribution is -0.121. The van der Waals surface area contributed by atoms with Gasteiger partial charge < -0.3 is 9.84 Å². The summed E-state index contributed by atoms with van der Waals surface area (Å²) in [5.41, 5.74) is 0. The molecule has 16 heavy (non-hydrogen) atoms. The Balaban J connectivity index is 1.99. The monoisotopic (exact) mass is 224 g/mol. The van der Waals surface area contributed by atoms with Crippen LogP contribution in [0.5, 0.6) is 0 Å². The molecule has 6 nitrogen and oxygen atoms in total. The van der Waals surface area contributed by atoms with E-state index in [-0.39, 0.29) is 11.9 Å². The zero-order valence-electron chi connectivity index (χ0n) is 9.49. The summed E-state index contributed by atoms with van der Waals surface area (Å²) < 4.78 is 5.17. The molecular formula is C10H16N4O2. The van der Waals surface area contributed by atoms with E-state index in [1.54, 1.807) is 0 Å². The highest BCUT2D eigenvalue weighted by Gasteiger charge is 2.23. The largest absolute Gasteiger partial charge is 0.353 e. The van der Waals surface area contributed by atoms with Crippen molar-refractivity contribution in [3.05, 3.63) is 11.7 Å². The van der Waals surface area contributed by atoms with Gasteiger partial charge in [0, 0.05) is 13.0 Å². The van der Waals surface area contributed by atoms with E-state index < -0.39 is 0 Å². The highest BCUT2D eigenvalue weighted by Crippen LogP contribution is 2.13. The lowest BCUT2D eigenvalue weighted by atomic mass is 10.1. The van der Waals surface area contributed by atoms with Gasteiger partial charge in [0.15, 0.2) is 5.82 Å². The normalized spacial score (nSPS) is 21.2. The standard InChI is InChI=1S/C10H16N4O2/c1-6(2)3-8-13-10(16-14-8)7-4-12-9(15)5-11-7/h6-7,11H,3-5H2,1-2H3,(H,12,15). The van der Waals surface area contributed by atoms with Crippen LogP contribution in [0.1, 0.15) is 31.6 Å². The summed E-state index contributed by atoms with van der Waals surface area (Å²) in [6.07, 6.45) is 0.808. The van der Waals surface area contributed by atoms with Crippen molar-refractivity contribution in [2.45, 2.75) is 26.3 Å². The fraction of sp³-hybridized carbons (Fsp3) is 0.700. The Morgan fingerprint density at radius 1 is 1.56 bits per heavy atom. The van der Waals surface area contributed by atoms with Gasteiger partial charge in [-0.15, -0.1) is 0 Å². The van der Waals surface area contributed by atoms with Crippen LogP contribution in [0.4, 0.5) is 0 Å². The second kappa shape index (κ2) is 4.61. The zero-order chi connectivity index (χ0) is 11.5. The SMILES string of the molecule is CC(C)Cc1noc(C2CNC(=O)CN2)n1. The molecule has 1 aliphatic heterocycles. The summed E-state index contributed by atoms with van der Waals surface area (Å²) in [7, 11) is 0. The molecule has 1 fully saturated rings. The highest BCUT2D eigenvalue weighted by atomic mass is 16.5. The van der Waals surface area contributed by atoms with Gasteiger partial charge in [0.2, 0.25) is 11.8 Å². The Morgan fingerprint density at radius 3 is 3.00 bits per heavy atom. The second-order valence-electron chi connectivity index (χ2n) is 4.38. The Morgan fingerprint density at radius 2 is 2.38 bits per heavy atom. The fourth-order valence-corrected chi connectivity index (χ4v) is 1.60. The van der Waals surface area contributed by atoms with E-state index in [9.17, 15) is 4.79 Å². The maximum Gasteiger partial charge on any atom is 0.245 e. The number of carbonyl (C=O) groups is 1. The summed E-state index contributed by atoms with van der Waals surface area (Å²) >= 11 is 0. The molecule has 88 valence electrons. The van der Waals surface area contributed by atoms with E-state index >= 15 is 0 Å². The molecule has 2 heterocycles. The molecule has 1 amide bonds. The summed E-state index contributed by atoms with van der Waals surface area (Å²) in [4.78, 5) is 15.3. The predicted octanol–water partition coefficient (Wildman–Crippen LogP) is 0.0286. The van der Waals surface area contributed by atoms with Gasteiger partial charge in [-0.25, -0.2) is 0 Å². The van der Waals surface area contributed by atoms with Crippen molar-refractivity contribution in [3.63, 3.8) is 0 Å². The molecule has 6 heteroatoms. The van der Waals surface area contributed by atoms with Crippen LogP contribution in [-0.4, -0.2) is 29.1 Å². The van der Waals surface area contributed by atoms with Crippen molar-refractivity contribution in [2.24, 2.45) is 5.92 Å². The number of hydrogen-bond acceptors (Lipinski definition) is 5. The molecule has 0 aromatic carbocycles. The first kappa shape index (κ1) is 11.1. The van der Waals surface area contributed by atoms with Crippen molar-refractivity contribution >= 4 is 5.91 Å². The number of aromatic nitrogens is 2. The number of piperazine rings is 1.